The summed E-state index contributed by atoms with van der Waals surface area (Å²) in [6, 6.07) is 20.6. The molecule has 0 aliphatic carbocycles. The molecule has 4 rings (SSSR count). The summed E-state index contributed by atoms with van der Waals surface area (Å²) in [5.41, 5.74) is 3.46. The van der Waals surface area contributed by atoms with E-state index in [0.29, 0.717) is 0 Å². The summed E-state index contributed by atoms with van der Waals surface area (Å²) < 4.78 is 7.35. The molecule has 4 aromatic rings. The van der Waals surface area contributed by atoms with Crippen LogP contribution in [0.4, 0.5) is 5.82 Å². The Hall–Kier alpha value is -3.34. The Morgan fingerprint density at radius 2 is 1.74 bits per heavy atom. The molecule has 0 saturated carbocycles. The third kappa shape index (κ3) is 3.92. The molecule has 0 fully saturated rings. The summed E-state index contributed by atoms with van der Waals surface area (Å²) in [5.74, 6) is 1.75. The molecule has 27 heavy (non-hydrogen) atoms. The molecular formula is C22H22N4O. The van der Waals surface area contributed by atoms with Gasteiger partial charge in [-0.15, -0.1) is 0 Å². The van der Waals surface area contributed by atoms with E-state index < -0.39 is 0 Å². The van der Waals surface area contributed by atoms with Crippen molar-refractivity contribution in [3.63, 3.8) is 0 Å². The van der Waals surface area contributed by atoms with Crippen LogP contribution in [0.25, 0.3) is 11.0 Å². The molecule has 1 N–H and O–H groups in total. The predicted molar refractivity (Wildman–Crippen MR) is 108 cm³/mol. The third-order valence-corrected chi connectivity index (χ3v) is 4.62. The maximum atomic E-state index is 5.20. The maximum absolute atomic E-state index is 5.20. The Morgan fingerprint density at radius 1 is 0.926 bits per heavy atom. The Labute approximate surface area is 158 Å². The van der Waals surface area contributed by atoms with E-state index in [1.807, 2.05) is 18.2 Å². The van der Waals surface area contributed by atoms with Gasteiger partial charge in [-0.1, -0.05) is 42.5 Å². The lowest BCUT2D eigenvalue weighted by molar-refractivity contribution is 0.414. The first-order valence-corrected chi connectivity index (χ1v) is 9.04. The van der Waals surface area contributed by atoms with Gasteiger partial charge >= 0.3 is 0 Å². The Morgan fingerprint density at radius 3 is 2.52 bits per heavy atom. The first-order chi connectivity index (χ1) is 13.3. The zero-order chi connectivity index (χ0) is 18.5. The van der Waals surface area contributed by atoms with Crippen LogP contribution in [0.1, 0.15) is 11.1 Å². The van der Waals surface area contributed by atoms with E-state index in [2.05, 4.69) is 68.5 Å². The average Bonchev–Trinajstić information content (AvgIpc) is 3.13. The summed E-state index contributed by atoms with van der Waals surface area (Å²) in [4.78, 5) is 8.91. The van der Waals surface area contributed by atoms with E-state index in [4.69, 9.17) is 4.74 Å². The summed E-state index contributed by atoms with van der Waals surface area (Å²) in [6.45, 7) is 1.61. The predicted octanol–water partition coefficient (Wildman–Crippen LogP) is 4.14. The number of ether oxygens (including phenoxy) is 1. The molecule has 5 nitrogen and oxygen atoms in total. The van der Waals surface area contributed by atoms with E-state index in [9.17, 15) is 0 Å². The van der Waals surface area contributed by atoms with Gasteiger partial charge in [0.2, 0.25) is 0 Å². The summed E-state index contributed by atoms with van der Waals surface area (Å²) in [5, 5.41) is 4.49. The van der Waals surface area contributed by atoms with Crippen LogP contribution in [-0.4, -0.2) is 28.2 Å². The standard InChI is InChI=1S/C22H22N4O/c1-27-19-9-7-17(8-10-19)11-13-23-21-20-12-14-26(22(20)25-16-24-21)15-18-5-3-2-4-6-18/h2-10,12,14,16H,11,13,15H2,1H3,(H,23,24,25). The molecule has 2 heterocycles. The van der Waals surface area contributed by atoms with Gasteiger partial charge in [-0.25, -0.2) is 9.97 Å². The highest BCUT2D eigenvalue weighted by Crippen LogP contribution is 2.21. The quantitative estimate of drug-likeness (QED) is 0.539. The summed E-state index contributed by atoms with van der Waals surface area (Å²) >= 11 is 0. The number of fused-ring (bicyclic) bond motifs is 1. The molecule has 0 unspecified atom stereocenters. The molecule has 0 atom stereocenters. The zero-order valence-electron chi connectivity index (χ0n) is 15.3. The first-order valence-electron chi connectivity index (χ1n) is 9.04. The van der Waals surface area contributed by atoms with E-state index in [0.717, 1.165) is 42.1 Å². The Bertz CT molecular complexity index is 1010. The van der Waals surface area contributed by atoms with E-state index in [1.165, 1.54) is 11.1 Å². The van der Waals surface area contributed by atoms with Gasteiger partial charge in [-0.3, -0.25) is 0 Å². The number of methoxy groups -OCH3 is 1. The Balaban J connectivity index is 1.46. The van der Waals surface area contributed by atoms with E-state index in [-0.39, 0.29) is 0 Å². The van der Waals surface area contributed by atoms with Gasteiger partial charge in [0.15, 0.2) is 0 Å². The fraction of sp³-hybridized carbons (Fsp3) is 0.182. The molecule has 0 radical (unpaired) electrons. The fourth-order valence-corrected chi connectivity index (χ4v) is 3.17. The highest BCUT2D eigenvalue weighted by atomic mass is 16.5. The largest absolute Gasteiger partial charge is 0.497 e. The lowest BCUT2D eigenvalue weighted by Crippen LogP contribution is -2.07. The SMILES string of the molecule is COc1ccc(CCNc2ncnc3c2ccn3Cc2ccccc2)cc1. The number of hydrogen-bond acceptors (Lipinski definition) is 4. The van der Waals surface area contributed by atoms with Gasteiger partial charge in [0.1, 0.15) is 23.5 Å². The van der Waals surface area contributed by atoms with Crippen molar-refractivity contribution in [2.24, 2.45) is 0 Å². The normalized spacial score (nSPS) is 10.9. The topological polar surface area (TPSA) is 52.0 Å². The van der Waals surface area contributed by atoms with Gasteiger partial charge in [-0.05, 0) is 35.7 Å². The van der Waals surface area contributed by atoms with Crippen molar-refractivity contribution in [2.75, 3.05) is 19.0 Å². The van der Waals surface area contributed by atoms with Gasteiger partial charge in [0.05, 0.1) is 12.5 Å². The van der Waals surface area contributed by atoms with Crippen molar-refractivity contribution >= 4 is 16.9 Å². The molecule has 0 aliphatic heterocycles. The van der Waals surface area contributed by atoms with Crippen molar-refractivity contribution < 1.29 is 4.74 Å². The van der Waals surface area contributed by atoms with Crippen LogP contribution < -0.4 is 10.1 Å². The maximum Gasteiger partial charge on any atom is 0.145 e. The first kappa shape index (κ1) is 17.1. The number of aromatic nitrogens is 3. The van der Waals surface area contributed by atoms with Crippen LogP contribution in [0.15, 0.2) is 73.2 Å². The lowest BCUT2D eigenvalue weighted by Gasteiger charge is -2.08. The van der Waals surface area contributed by atoms with Crippen molar-refractivity contribution in [1.82, 2.24) is 14.5 Å². The number of anilines is 1. The Kier molecular flexibility index (Phi) is 5.01. The van der Waals surface area contributed by atoms with Crippen LogP contribution in [0.3, 0.4) is 0 Å². The number of benzene rings is 2. The fourth-order valence-electron chi connectivity index (χ4n) is 3.17. The summed E-state index contributed by atoms with van der Waals surface area (Å²) in [6.07, 6.45) is 4.61. The molecular weight excluding hydrogens is 336 g/mol. The minimum absolute atomic E-state index is 0.798. The molecule has 0 amide bonds. The number of nitrogens with zero attached hydrogens (tertiary/aromatic N) is 3. The third-order valence-electron chi connectivity index (χ3n) is 4.62. The van der Waals surface area contributed by atoms with Gasteiger partial charge in [-0.2, -0.15) is 0 Å². The van der Waals surface area contributed by atoms with Crippen molar-refractivity contribution in [1.29, 1.82) is 0 Å². The second-order valence-electron chi connectivity index (χ2n) is 6.41. The van der Waals surface area contributed by atoms with Crippen LogP contribution in [0.2, 0.25) is 0 Å². The van der Waals surface area contributed by atoms with Crippen LogP contribution in [0.5, 0.6) is 5.75 Å². The molecule has 0 bridgehead atoms. The minimum Gasteiger partial charge on any atom is -0.497 e. The van der Waals surface area contributed by atoms with Gasteiger partial charge < -0.3 is 14.6 Å². The lowest BCUT2D eigenvalue weighted by atomic mass is 10.1. The van der Waals surface area contributed by atoms with Crippen molar-refractivity contribution in [3.05, 3.63) is 84.3 Å². The molecule has 2 aromatic carbocycles. The van der Waals surface area contributed by atoms with Gasteiger partial charge in [0.25, 0.3) is 0 Å². The van der Waals surface area contributed by atoms with Crippen LogP contribution >= 0.6 is 0 Å². The van der Waals surface area contributed by atoms with Crippen molar-refractivity contribution in [2.45, 2.75) is 13.0 Å². The molecule has 5 heteroatoms. The number of rotatable bonds is 7. The van der Waals surface area contributed by atoms with Crippen LogP contribution in [0, 0.1) is 0 Å². The van der Waals surface area contributed by atoms with E-state index in [1.54, 1.807) is 13.4 Å². The highest BCUT2D eigenvalue weighted by molar-refractivity contribution is 5.87. The van der Waals surface area contributed by atoms with Gasteiger partial charge in [0, 0.05) is 19.3 Å². The highest BCUT2D eigenvalue weighted by Gasteiger charge is 2.08. The second-order valence-corrected chi connectivity index (χ2v) is 6.41. The van der Waals surface area contributed by atoms with Crippen LogP contribution in [-0.2, 0) is 13.0 Å². The molecule has 0 spiro atoms. The molecule has 0 saturated heterocycles. The van der Waals surface area contributed by atoms with E-state index >= 15 is 0 Å². The summed E-state index contributed by atoms with van der Waals surface area (Å²) in [7, 11) is 1.68. The monoisotopic (exact) mass is 358 g/mol. The number of nitrogens with one attached hydrogen (secondary N) is 1. The molecule has 2 aromatic heterocycles. The number of hydrogen-bond donors (Lipinski definition) is 1. The molecule has 0 aliphatic rings. The van der Waals surface area contributed by atoms with Crippen molar-refractivity contribution in [3.8, 4) is 5.75 Å². The zero-order valence-corrected chi connectivity index (χ0v) is 15.3. The minimum atomic E-state index is 0.798. The average molecular weight is 358 g/mol. The second kappa shape index (κ2) is 7.91. The molecule has 136 valence electrons. The smallest absolute Gasteiger partial charge is 0.145 e.